The van der Waals surface area contributed by atoms with Crippen molar-refractivity contribution in [2.24, 2.45) is 22.4 Å². The summed E-state index contributed by atoms with van der Waals surface area (Å²) in [6.45, 7) is 4.54. The number of hydrogen-bond acceptors (Lipinski definition) is 11. The van der Waals surface area contributed by atoms with Crippen molar-refractivity contribution >= 4 is 47.6 Å². The van der Waals surface area contributed by atoms with Gasteiger partial charge in [-0.25, -0.2) is 14.5 Å². The number of imide groups is 1. The van der Waals surface area contributed by atoms with Crippen LogP contribution in [0.2, 0.25) is 0 Å². The van der Waals surface area contributed by atoms with Crippen molar-refractivity contribution in [3.63, 3.8) is 0 Å². The maximum atomic E-state index is 13.7. The van der Waals surface area contributed by atoms with Crippen molar-refractivity contribution in [1.29, 1.82) is 5.26 Å². The third-order valence-corrected chi connectivity index (χ3v) is 8.21. The third-order valence-electron chi connectivity index (χ3n) is 8.21. The highest BCUT2D eigenvalue weighted by atomic mass is 16.5. The Bertz CT molecular complexity index is 1320. The number of aliphatic carboxylic acids is 1. The molecule has 0 aliphatic carbocycles. The Balaban J connectivity index is 1.69. The molecule has 0 aromatic heterocycles. The van der Waals surface area contributed by atoms with E-state index in [1.54, 1.807) is 4.90 Å². The van der Waals surface area contributed by atoms with E-state index in [2.05, 4.69) is 20.9 Å². The average Bonchev–Trinajstić information content (AvgIpc) is 3.55. The van der Waals surface area contributed by atoms with Gasteiger partial charge in [0.05, 0.1) is 25.5 Å². The van der Waals surface area contributed by atoms with Gasteiger partial charge in [0, 0.05) is 39.1 Å². The SMILES string of the molecule is CC(C)C[C@H](C(=O)N1CCN([C@@H](CC#N)C(=O)N[C@@H](CCCN=C(N)N)C(=O)NC2CCOC2=O)CC1)N1C(=O)N[C@@H](CC(=O)O)C1=O. The topological polar surface area (TPSA) is 283 Å². The number of carboxylic acids is 1. The van der Waals surface area contributed by atoms with Crippen LogP contribution in [-0.2, 0) is 33.5 Å². The Hall–Kier alpha value is -4.99. The number of esters is 1. The van der Waals surface area contributed by atoms with Crippen molar-refractivity contribution < 1.29 is 43.4 Å². The second kappa shape index (κ2) is 17.2. The fraction of sp³-hybridized carbons (Fsp3) is 0.690. The molecule has 0 spiro atoms. The van der Waals surface area contributed by atoms with Crippen LogP contribution in [0.15, 0.2) is 4.99 Å². The van der Waals surface area contributed by atoms with Gasteiger partial charge in [0.15, 0.2) is 5.96 Å². The Kier molecular flexibility index (Phi) is 13.5. The number of urea groups is 1. The number of nitrogens with one attached hydrogen (secondary N) is 3. The smallest absolute Gasteiger partial charge is 0.328 e. The number of rotatable bonds is 16. The predicted molar refractivity (Wildman–Crippen MR) is 166 cm³/mol. The minimum absolute atomic E-state index is 0.0907. The number of aliphatic imine (C=N–C) groups is 1. The molecule has 19 heteroatoms. The lowest BCUT2D eigenvalue weighted by molar-refractivity contribution is -0.145. The van der Waals surface area contributed by atoms with E-state index in [1.165, 1.54) is 4.90 Å². The molecule has 0 aromatic carbocycles. The number of carboxylic acid groups (broad SMARTS) is 1. The molecule has 0 radical (unpaired) electrons. The monoisotopic (exact) mass is 676 g/mol. The van der Waals surface area contributed by atoms with Gasteiger partial charge in [0.25, 0.3) is 5.91 Å². The van der Waals surface area contributed by atoms with Gasteiger partial charge in [-0.15, -0.1) is 0 Å². The van der Waals surface area contributed by atoms with Gasteiger partial charge >= 0.3 is 18.0 Å². The zero-order chi connectivity index (χ0) is 35.5. The van der Waals surface area contributed by atoms with Gasteiger partial charge in [0.1, 0.15) is 30.2 Å². The highest BCUT2D eigenvalue weighted by Crippen LogP contribution is 2.22. The van der Waals surface area contributed by atoms with Gasteiger partial charge in [-0.1, -0.05) is 13.8 Å². The lowest BCUT2D eigenvalue weighted by Crippen LogP contribution is -2.60. The molecule has 3 saturated heterocycles. The number of guanidine groups is 1. The maximum absolute atomic E-state index is 13.7. The molecule has 19 nitrogen and oxygen atoms in total. The molecule has 8 N–H and O–H groups in total. The Morgan fingerprint density at radius 1 is 1.10 bits per heavy atom. The summed E-state index contributed by atoms with van der Waals surface area (Å²) < 4.78 is 4.90. The number of cyclic esters (lactones) is 1. The molecule has 5 atom stereocenters. The molecule has 0 saturated carbocycles. The maximum Gasteiger partial charge on any atom is 0.328 e. The van der Waals surface area contributed by atoms with E-state index in [0.29, 0.717) is 6.42 Å². The molecule has 3 heterocycles. The molecule has 0 aromatic rings. The number of ether oxygens (including phenoxy) is 1. The number of nitriles is 1. The first-order chi connectivity index (χ1) is 22.7. The van der Waals surface area contributed by atoms with Gasteiger partial charge in [-0.05, 0) is 25.2 Å². The Morgan fingerprint density at radius 3 is 2.35 bits per heavy atom. The second-order valence-electron chi connectivity index (χ2n) is 12.2. The minimum atomic E-state index is -1.27. The normalized spacial score (nSPS) is 21.5. The van der Waals surface area contributed by atoms with Crippen molar-refractivity contribution in [3.8, 4) is 6.07 Å². The highest BCUT2D eigenvalue weighted by Gasteiger charge is 2.47. The van der Waals surface area contributed by atoms with Crippen LogP contribution in [0.4, 0.5) is 4.79 Å². The molecule has 6 amide bonds. The fourth-order valence-corrected chi connectivity index (χ4v) is 5.80. The molecule has 1 unspecified atom stereocenters. The predicted octanol–water partition coefficient (Wildman–Crippen LogP) is -2.81. The van der Waals surface area contributed by atoms with E-state index >= 15 is 0 Å². The highest BCUT2D eigenvalue weighted by molar-refractivity contribution is 6.08. The largest absolute Gasteiger partial charge is 0.481 e. The van der Waals surface area contributed by atoms with Crippen LogP contribution in [0.5, 0.6) is 0 Å². The first-order valence-electron chi connectivity index (χ1n) is 15.8. The number of nitrogens with zero attached hydrogens (tertiary/aromatic N) is 5. The summed E-state index contributed by atoms with van der Waals surface area (Å²) in [5.74, 6) is -4.56. The zero-order valence-corrected chi connectivity index (χ0v) is 27.1. The number of carbonyl (C=O) groups is 7. The summed E-state index contributed by atoms with van der Waals surface area (Å²) in [6, 6.07) is -4.17. The summed E-state index contributed by atoms with van der Waals surface area (Å²) in [6.07, 6.45) is 0.0583. The molecular formula is C29H44N10O9. The van der Waals surface area contributed by atoms with E-state index in [9.17, 15) is 38.8 Å². The van der Waals surface area contributed by atoms with E-state index in [0.717, 1.165) is 4.90 Å². The summed E-state index contributed by atoms with van der Waals surface area (Å²) in [7, 11) is 0. The Labute approximate surface area is 277 Å². The van der Waals surface area contributed by atoms with Crippen LogP contribution in [0.1, 0.15) is 52.4 Å². The quantitative estimate of drug-likeness (QED) is 0.0317. The van der Waals surface area contributed by atoms with Gasteiger partial charge in [0.2, 0.25) is 17.7 Å². The standard InChI is InChI=1S/C29H44N10O9/c1-16(2)14-21(39-25(44)19(15-22(40)41)36-29(39)47)26(45)38-11-9-37(10-12-38)20(5-7-30)24(43)34-17(4-3-8-33-28(31)32)23(42)35-18-6-13-48-27(18)46/h16-21H,3-6,8-15H2,1-2H3,(H,34,43)(H,35,42)(H,36,47)(H,40,41)(H4,31,32,33)/t17-,18?,19-,20-,21+/m0/s1. The van der Waals surface area contributed by atoms with Gasteiger partial charge in [-0.3, -0.25) is 33.9 Å². The van der Waals surface area contributed by atoms with Crippen LogP contribution in [0.3, 0.4) is 0 Å². The number of piperazine rings is 1. The van der Waals surface area contributed by atoms with Crippen molar-refractivity contribution in [2.45, 2.75) is 82.6 Å². The van der Waals surface area contributed by atoms with Crippen molar-refractivity contribution in [3.05, 3.63) is 0 Å². The molecule has 48 heavy (non-hydrogen) atoms. The number of hydrogen-bond donors (Lipinski definition) is 6. The Morgan fingerprint density at radius 2 is 1.79 bits per heavy atom. The fourth-order valence-electron chi connectivity index (χ4n) is 5.80. The second-order valence-corrected chi connectivity index (χ2v) is 12.2. The van der Waals surface area contributed by atoms with Crippen LogP contribution >= 0.6 is 0 Å². The van der Waals surface area contributed by atoms with Gasteiger partial charge < -0.3 is 42.2 Å². The van der Waals surface area contributed by atoms with E-state index < -0.39 is 78.2 Å². The minimum Gasteiger partial charge on any atom is -0.481 e. The number of carbonyl (C=O) groups excluding carboxylic acids is 6. The summed E-state index contributed by atoms with van der Waals surface area (Å²) in [4.78, 5) is 97.0. The van der Waals surface area contributed by atoms with Gasteiger partial charge in [-0.2, -0.15) is 5.26 Å². The third kappa shape index (κ3) is 10.0. The van der Waals surface area contributed by atoms with Crippen LogP contribution in [0, 0.1) is 17.2 Å². The van der Waals surface area contributed by atoms with E-state index in [4.69, 9.17) is 21.3 Å². The van der Waals surface area contributed by atoms with Crippen molar-refractivity contribution in [1.82, 2.24) is 30.7 Å². The molecule has 3 fully saturated rings. The lowest BCUT2D eigenvalue weighted by atomic mass is 10.00. The molecule has 264 valence electrons. The number of nitrogens with two attached hydrogens (primary N) is 2. The summed E-state index contributed by atoms with van der Waals surface area (Å²) >= 11 is 0. The van der Waals surface area contributed by atoms with Crippen LogP contribution < -0.4 is 27.4 Å². The van der Waals surface area contributed by atoms with Crippen LogP contribution in [0.25, 0.3) is 0 Å². The first kappa shape index (κ1) is 37.5. The average molecular weight is 677 g/mol. The zero-order valence-electron chi connectivity index (χ0n) is 27.1. The van der Waals surface area contributed by atoms with E-state index in [-0.39, 0.29) is 76.9 Å². The first-order valence-corrected chi connectivity index (χ1v) is 15.8. The molecule has 3 rings (SSSR count). The van der Waals surface area contributed by atoms with E-state index in [1.807, 2.05) is 19.9 Å². The van der Waals surface area contributed by atoms with Crippen molar-refractivity contribution in [2.75, 3.05) is 39.3 Å². The van der Waals surface area contributed by atoms with Crippen LogP contribution in [-0.4, -0.2) is 137 Å². The lowest BCUT2D eigenvalue weighted by Gasteiger charge is -2.40. The summed E-state index contributed by atoms with van der Waals surface area (Å²) in [5, 5.41) is 26.3. The molecular weight excluding hydrogens is 632 g/mol. The number of amides is 6. The molecule has 3 aliphatic rings. The molecule has 0 bridgehead atoms. The molecule has 3 aliphatic heterocycles. The summed E-state index contributed by atoms with van der Waals surface area (Å²) in [5.41, 5.74) is 10.7.